The van der Waals surface area contributed by atoms with Crippen molar-refractivity contribution in [2.24, 2.45) is 17.5 Å². The smallest absolute Gasteiger partial charge is 0.193 e. The van der Waals surface area contributed by atoms with Crippen molar-refractivity contribution < 1.29 is 4.74 Å². The molecule has 1 saturated carbocycles. The van der Waals surface area contributed by atoms with E-state index in [1.165, 1.54) is 44.3 Å². The normalized spacial score (nSPS) is 21.2. The van der Waals surface area contributed by atoms with Crippen LogP contribution in [0.25, 0.3) is 0 Å². The molecular weight excluding hydrogens is 338 g/mol. The van der Waals surface area contributed by atoms with E-state index in [9.17, 15) is 0 Å². The number of aromatic nitrogens is 1. The summed E-state index contributed by atoms with van der Waals surface area (Å²) in [5.74, 6) is 0.989. The largest absolute Gasteiger partial charge is 0.379 e. The van der Waals surface area contributed by atoms with Crippen LogP contribution in [-0.4, -0.2) is 73.8 Å². The summed E-state index contributed by atoms with van der Waals surface area (Å²) in [6.45, 7) is 6.96. The molecule has 6 heteroatoms. The standard InChI is InChI=1S/C21H37N5O/c1-22-20(25(3)16-19-8-7-11-24(19)2)23-17-21(9-5-4-6-10-21)18-26-12-14-27-15-13-26/h7-8,11H,4-6,9-10,12-18H2,1-3H3,(H,22,23). The molecule has 6 nitrogen and oxygen atoms in total. The lowest BCUT2D eigenvalue weighted by molar-refractivity contribution is 0.00809. The fourth-order valence-corrected chi connectivity index (χ4v) is 4.56. The van der Waals surface area contributed by atoms with Crippen molar-refractivity contribution in [3.05, 3.63) is 24.0 Å². The molecule has 152 valence electrons. The van der Waals surface area contributed by atoms with Crippen molar-refractivity contribution in [1.82, 2.24) is 19.7 Å². The van der Waals surface area contributed by atoms with Crippen LogP contribution in [0.4, 0.5) is 0 Å². The third kappa shape index (κ3) is 5.48. The number of hydrogen-bond acceptors (Lipinski definition) is 3. The Morgan fingerprint density at radius 2 is 2.00 bits per heavy atom. The summed E-state index contributed by atoms with van der Waals surface area (Å²) in [5.41, 5.74) is 1.65. The Hall–Kier alpha value is -1.53. The minimum absolute atomic E-state index is 0.358. The summed E-state index contributed by atoms with van der Waals surface area (Å²) in [4.78, 5) is 9.38. The van der Waals surface area contributed by atoms with Gasteiger partial charge in [-0.1, -0.05) is 19.3 Å². The van der Waals surface area contributed by atoms with Crippen molar-refractivity contribution in [3.63, 3.8) is 0 Å². The van der Waals surface area contributed by atoms with E-state index in [4.69, 9.17) is 4.74 Å². The second-order valence-electron chi connectivity index (χ2n) is 8.32. The molecule has 1 aromatic rings. The number of ether oxygens (including phenoxy) is 1. The molecule has 0 atom stereocenters. The SMILES string of the molecule is CN=C(NCC1(CN2CCOCC2)CCCCC1)N(C)Cc1cccn1C. The Morgan fingerprint density at radius 1 is 1.26 bits per heavy atom. The van der Waals surface area contributed by atoms with Gasteiger partial charge in [0.05, 0.1) is 19.8 Å². The number of rotatable bonds is 6. The molecule has 2 fully saturated rings. The van der Waals surface area contributed by atoms with Crippen LogP contribution in [0, 0.1) is 5.41 Å². The Morgan fingerprint density at radius 3 is 2.63 bits per heavy atom. The van der Waals surface area contributed by atoms with Gasteiger partial charge in [0.2, 0.25) is 0 Å². The van der Waals surface area contributed by atoms with E-state index in [0.717, 1.165) is 45.4 Å². The van der Waals surface area contributed by atoms with Crippen molar-refractivity contribution in [3.8, 4) is 0 Å². The highest BCUT2D eigenvalue weighted by Crippen LogP contribution is 2.36. The van der Waals surface area contributed by atoms with E-state index in [2.05, 4.69) is 57.1 Å². The zero-order chi connectivity index (χ0) is 19.1. The molecule has 2 aliphatic rings. The first-order valence-electron chi connectivity index (χ1n) is 10.4. The third-order valence-electron chi connectivity index (χ3n) is 6.22. The van der Waals surface area contributed by atoms with Gasteiger partial charge in [0.15, 0.2) is 5.96 Å². The van der Waals surface area contributed by atoms with Gasteiger partial charge >= 0.3 is 0 Å². The minimum Gasteiger partial charge on any atom is -0.379 e. The molecule has 0 aromatic carbocycles. The third-order valence-corrected chi connectivity index (χ3v) is 6.22. The Kier molecular flexibility index (Phi) is 7.19. The molecule has 0 unspecified atom stereocenters. The van der Waals surface area contributed by atoms with Crippen molar-refractivity contribution in [2.75, 3.05) is 53.5 Å². The second kappa shape index (κ2) is 9.60. The maximum absolute atomic E-state index is 5.54. The average molecular weight is 376 g/mol. The number of nitrogens with one attached hydrogen (secondary N) is 1. The molecule has 0 amide bonds. The molecule has 0 radical (unpaired) electrons. The van der Waals surface area contributed by atoms with Gasteiger partial charge in [-0.3, -0.25) is 9.89 Å². The molecule has 0 bridgehead atoms. The number of aryl methyl sites for hydroxylation is 1. The average Bonchev–Trinajstić information content (AvgIpc) is 3.08. The maximum atomic E-state index is 5.54. The zero-order valence-corrected chi connectivity index (χ0v) is 17.4. The van der Waals surface area contributed by atoms with E-state index < -0.39 is 0 Å². The van der Waals surface area contributed by atoms with Crippen LogP contribution in [0.3, 0.4) is 0 Å². The Bertz CT molecular complexity index is 599. The minimum atomic E-state index is 0.358. The van der Waals surface area contributed by atoms with Crippen LogP contribution in [-0.2, 0) is 18.3 Å². The zero-order valence-electron chi connectivity index (χ0n) is 17.4. The van der Waals surface area contributed by atoms with Crippen LogP contribution in [0.15, 0.2) is 23.3 Å². The number of nitrogens with zero attached hydrogens (tertiary/aromatic N) is 4. The molecular formula is C21H37N5O. The Labute approximate surface area is 164 Å². The predicted molar refractivity (Wildman–Crippen MR) is 111 cm³/mol. The first kappa shape index (κ1) is 20.2. The molecule has 1 aromatic heterocycles. The van der Waals surface area contributed by atoms with Gasteiger partial charge < -0.3 is 19.5 Å². The molecule has 0 spiro atoms. The monoisotopic (exact) mass is 375 g/mol. The highest BCUT2D eigenvalue weighted by Gasteiger charge is 2.34. The summed E-state index contributed by atoms with van der Waals surface area (Å²) in [6.07, 6.45) is 8.81. The van der Waals surface area contributed by atoms with E-state index in [1.54, 1.807) is 0 Å². The first-order valence-corrected chi connectivity index (χ1v) is 10.4. The van der Waals surface area contributed by atoms with Crippen molar-refractivity contribution >= 4 is 5.96 Å². The van der Waals surface area contributed by atoms with Crippen LogP contribution in [0.5, 0.6) is 0 Å². The fourth-order valence-electron chi connectivity index (χ4n) is 4.56. The highest BCUT2D eigenvalue weighted by atomic mass is 16.5. The fraction of sp³-hybridized carbons (Fsp3) is 0.762. The molecule has 3 rings (SSSR count). The summed E-state index contributed by atoms with van der Waals surface area (Å²) in [7, 11) is 6.11. The van der Waals surface area contributed by atoms with Crippen molar-refractivity contribution in [1.29, 1.82) is 0 Å². The van der Waals surface area contributed by atoms with Gasteiger partial charge in [0.1, 0.15) is 0 Å². The number of hydrogen-bond donors (Lipinski definition) is 1. The van der Waals surface area contributed by atoms with Crippen LogP contribution in [0.1, 0.15) is 37.8 Å². The van der Waals surface area contributed by atoms with Crippen LogP contribution < -0.4 is 5.32 Å². The predicted octanol–water partition coefficient (Wildman–Crippen LogP) is 2.32. The lowest BCUT2D eigenvalue weighted by atomic mass is 9.73. The highest BCUT2D eigenvalue weighted by molar-refractivity contribution is 5.79. The lowest BCUT2D eigenvalue weighted by Gasteiger charge is -2.43. The van der Waals surface area contributed by atoms with Gasteiger partial charge in [-0.25, -0.2) is 0 Å². The first-order chi connectivity index (χ1) is 13.1. The van der Waals surface area contributed by atoms with E-state index in [0.29, 0.717) is 5.41 Å². The number of morpholine rings is 1. The number of guanidine groups is 1. The summed E-state index contributed by atoms with van der Waals surface area (Å²) >= 11 is 0. The topological polar surface area (TPSA) is 45.0 Å². The van der Waals surface area contributed by atoms with E-state index in [-0.39, 0.29) is 0 Å². The molecule has 1 N–H and O–H groups in total. The van der Waals surface area contributed by atoms with E-state index in [1.807, 2.05) is 7.05 Å². The van der Waals surface area contributed by atoms with E-state index >= 15 is 0 Å². The summed E-state index contributed by atoms with van der Waals surface area (Å²) in [6, 6.07) is 4.27. The summed E-state index contributed by atoms with van der Waals surface area (Å²) in [5, 5.41) is 3.71. The summed E-state index contributed by atoms with van der Waals surface area (Å²) < 4.78 is 7.71. The molecule has 27 heavy (non-hydrogen) atoms. The molecule has 1 aliphatic carbocycles. The second-order valence-corrected chi connectivity index (χ2v) is 8.32. The lowest BCUT2D eigenvalue weighted by Crippen LogP contribution is -2.51. The van der Waals surface area contributed by atoms with Gasteiger partial charge in [-0.2, -0.15) is 0 Å². The van der Waals surface area contributed by atoms with Gasteiger partial charge in [0, 0.05) is 64.6 Å². The van der Waals surface area contributed by atoms with Gasteiger partial charge in [-0.15, -0.1) is 0 Å². The maximum Gasteiger partial charge on any atom is 0.193 e. The number of aliphatic imine (C=N–C) groups is 1. The van der Waals surface area contributed by atoms with Gasteiger partial charge in [-0.05, 0) is 25.0 Å². The molecule has 2 heterocycles. The van der Waals surface area contributed by atoms with Gasteiger partial charge in [0.25, 0.3) is 0 Å². The van der Waals surface area contributed by atoms with Crippen LogP contribution in [0.2, 0.25) is 0 Å². The quantitative estimate of drug-likeness (QED) is 0.612. The van der Waals surface area contributed by atoms with Crippen molar-refractivity contribution in [2.45, 2.75) is 38.6 Å². The Balaban J connectivity index is 1.59. The molecule has 1 saturated heterocycles. The molecule has 1 aliphatic heterocycles. The van der Waals surface area contributed by atoms with Crippen LogP contribution >= 0.6 is 0 Å².